The smallest absolute Gasteiger partial charge is 0.00507 e. The van der Waals surface area contributed by atoms with Crippen LogP contribution in [0.1, 0.15) is 98.3 Å². The minimum absolute atomic E-state index is 0.453. The molecule has 0 aromatic carbocycles. The van der Waals surface area contributed by atoms with Crippen LogP contribution in [-0.4, -0.2) is 0 Å². The van der Waals surface area contributed by atoms with Crippen molar-refractivity contribution in [2.24, 2.45) is 23.2 Å². The fourth-order valence-electron chi connectivity index (χ4n) is 5.81. The van der Waals surface area contributed by atoms with Crippen molar-refractivity contribution < 1.29 is 0 Å². The summed E-state index contributed by atoms with van der Waals surface area (Å²) in [5, 5.41) is 0. The summed E-state index contributed by atoms with van der Waals surface area (Å²) >= 11 is 0. The molecular weight excluding hydrogens is 324 g/mol. The highest BCUT2D eigenvalue weighted by molar-refractivity contribution is 5.33. The molecule has 150 valence electrons. The molecule has 3 aliphatic rings. The van der Waals surface area contributed by atoms with Crippen LogP contribution in [-0.2, 0) is 0 Å². The monoisotopic (exact) mass is 366 g/mol. The predicted molar refractivity (Wildman–Crippen MR) is 120 cm³/mol. The Morgan fingerprint density at radius 3 is 2.70 bits per heavy atom. The van der Waals surface area contributed by atoms with Gasteiger partial charge in [-0.3, -0.25) is 0 Å². The van der Waals surface area contributed by atoms with Crippen LogP contribution in [0.5, 0.6) is 0 Å². The zero-order valence-electron chi connectivity index (χ0n) is 18.4. The lowest BCUT2D eigenvalue weighted by Gasteiger charge is -2.39. The summed E-state index contributed by atoms with van der Waals surface area (Å²) in [5.74, 6) is 2.31. The molecular formula is C27H42. The summed E-state index contributed by atoms with van der Waals surface area (Å²) in [7, 11) is 0. The standard InChI is InChI=1S/C27H42/c1-20(2)9-6-7-11-25-16-17-26-24(10-8-18-27(25,26)5)15-14-23-13-12-21(3)22(4)19-23/h11,14-15,20,22,26H,3,6-10,12-13,16-19H2,1-2,4-5H3/b23-14-,24-15+,25-11-. The van der Waals surface area contributed by atoms with Gasteiger partial charge in [-0.05, 0) is 87.4 Å². The van der Waals surface area contributed by atoms with Crippen LogP contribution >= 0.6 is 0 Å². The Bertz CT molecular complexity index is 626. The van der Waals surface area contributed by atoms with Gasteiger partial charge in [-0.25, -0.2) is 0 Å². The van der Waals surface area contributed by atoms with Crippen molar-refractivity contribution in [2.75, 3.05) is 0 Å². The maximum absolute atomic E-state index is 4.23. The van der Waals surface area contributed by atoms with Crippen LogP contribution in [0.4, 0.5) is 0 Å². The van der Waals surface area contributed by atoms with E-state index in [2.05, 4.69) is 52.5 Å². The molecule has 3 unspecified atom stereocenters. The van der Waals surface area contributed by atoms with E-state index in [1.54, 1.807) is 16.7 Å². The first-order valence-corrected chi connectivity index (χ1v) is 11.7. The van der Waals surface area contributed by atoms with Gasteiger partial charge in [0.1, 0.15) is 0 Å². The topological polar surface area (TPSA) is 0 Å². The number of fused-ring (bicyclic) bond motifs is 1. The Balaban J connectivity index is 1.68. The molecule has 0 aromatic heterocycles. The Labute approximate surface area is 168 Å². The van der Waals surface area contributed by atoms with Crippen LogP contribution in [0, 0.1) is 23.2 Å². The van der Waals surface area contributed by atoms with E-state index < -0.39 is 0 Å². The van der Waals surface area contributed by atoms with Crippen molar-refractivity contribution in [3.8, 4) is 0 Å². The van der Waals surface area contributed by atoms with E-state index in [1.165, 1.54) is 76.2 Å². The van der Waals surface area contributed by atoms with Gasteiger partial charge >= 0.3 is 0 Å². The van der Waals surface area contributed by atoms with Gasteiger partial charge in [0, 0.05) is 0 Å². The second-order valence-electron chi connectivity index (χ2n) is 10.2. The molecule has 3 atom stereocenters. The number of hydrogen-bond donors (Lipinski definition) is 0. The van der Waals surface area contributed by atoms with Crippen LogP contribution in [0.15, 0.2) is 47.1 Å². The van der Waals surface area contributed by atoms with E-state index in [0.29, 0.717) is 11.3 Å². The van der Waals surface area contributed by atoms with Crippen molar-refractivity contribution in [2.45, 2.75) is 98.3 Å². The molecule has 3 fully saturated rings. The second-order valence-corrected chi connectivity index (χ2v) is 10.2. The maximum Gasteiger partial charge on any atom is -0.00507 e. The molecule has 0 bridgehead atoms. The Kier molecular flexibility index (Phi) is 6.88. The highest BCUT2D eigenvalue weighted by atomic mass is 14.5. The number of unbranched alkanes of at least 4 members (excludes halogenated alkanes) is 1. The zero-order valence-corrected chi connectivity index (χ0v) is 18.4. The quantitative estimate of drug-likeness (QED) is 0.337. The lowest BCUT2D eigenvalue weighted by atomic mass is 9.65. The zero-order chi connectivity index (χ0) is 19.4. The first kappa shape index (κ1) is 20.7. The summed E-state index contributed by atoms with van der Waals surface area (Å²) in [6.45, 7) is 13.8. The first-order chi connectivity index (χ1) is 12.9. The summed E-state index contributed by atoms with van der Waals surface area (Å²) in [6.07, 6.45) is 22.2. The normalized spacial score (nSPS) is 36.2. The van der Waals surface area contributed by atoms with Crippen LogP contribution < -0.4 is 0 Å². The lowest BCUT2D eigenvalue weighted by molar-refractivity contribution is 0.245. The first-order valence-electron chi connectivity index (χ1n) is 11.7. The molecule has 0 spiro atoms. The molecule has 0 radical (unpaired) electrons. The molecule has 0 aromatic rings. The highest BCUT2D eigenvalue weighted by Gasteiger charge is 2.45. The molecule has 3 rings (SSSR count). The predicted octanol–water partition coefficient (Wildman–Crippen LogP) is 8.57. The molecule has 3 aliphatic carbocycles. The van der Waals surface area contributed by atoms with Gasteiger partial charge in [-0.2, -0.15) is 0 Å². The Morgan fingerprint density at radius 2 is 1.96 bits per heavy atom. The lowest BCUT2D eigenvalue weighted by Crippen LogP contribution is -2.29. The third-order valence-electron chi connectivity index (χ3n) is 7.76. The molecule has 27 heavy (non-hydrogen) atoms. The third-order valence-corrected chi connectivity index (χ3v) is 7.76. The van der Waals surface area contributed by atoms with Crippen molar-refractivity contribution in [3.63, 3.8) is 0 Å². The molecule has 3 saturated carbocycles. The second kappa shape index (κ2) is 8.97. The van der Waals surface area contributed by atoms with Crippen LogP contribution in [0.25, 0.3) is 0 Å². The largest absolute Gasteiger partial charge is 0.0996 e. The molecule has 0 nitrogen and oxygen atoms in total. The van der Waals surface area contributed by atoms with Gasteiger partial charge in [-0.1, -0.05) is 81.2 Å². The van der Waals surface area contributed by atoms with Gasteiger partial charge in [-0.15, -0.1) is 0 Å². The fraction of sp³-hybridized carbons (Fsp3) is 0.704. The minimum Gasteiger partial charge on any atom is -0.0996 e. The van der Waals surface area contributed by atoms with Gasteiger partial charge < -0.3 is 0 Å². The average Bonchev–Trinajstić information content (AvgIpc) is 2.96. The van der Waals surface area contributed by atoms with Crippen molar-refractivity contribution in [3.05, 3.63) is 47.1 Å². The van der Waals surface area contributed by atoms with Crippen molar-refractivity contribution >= 4 is 0 Å². The third kappa shape index (κ3) is 4.87. The van der Waals surface area contributed by atoms with Gasteiger partial charge in [0.15, 0.2) is 0 Å². The summed E-state index contributed by atoms with van der Waals surface area (Å²) in [4.78, 5) is 0. The van der Waals surface area contributed by atoms with Crippen molar-refractivity contribution in [1.82, 2.24) is 0 Å². The fourth-order valence-corrected chi connectivity index (χ4v) is 5.81. The van der Waals surface area contributed by atoms with E-state index in [9.17, 15) is 0 Å². The van der Waals surface area contributed by atoms with Crippen molar-refractivity contribution in [1.29, 1.82) is 0 Å². The van der Waals surface area contributed by atoms with Gasteiger partial charge in [0.25, 0.3) is 0 Å². The van der Waals surface area contributed by atoms with E-state index in [0.717, 1.165) is 11.8 Å². The minimum atomic E-state index is 0.453. The Hall–Kier alpha value is -1.04. The molecule has 0 N–H and O–H groups in total. The molecule has 0 saturated heterocycles. The molecule has 0 amide bonds. The van der Waals surface area contributed by atoms with Gasteiger partial charge in [0.2, 0.25) is 0 Å². The molecule has 0 heterocycles. The number of allylic oxidation sites excluding steroid dienone is 7. The van der Waals surface area contributed by atoms with E-state index >= 15 is 0 Å². The average molecular weight is 367 g/mol. The van der Waals surface area contributed by atoms with E-state index in [-0.39, 0.29) is 0 Å². The number of rotatable bonds is 5. The summed E-state index contributed by atoms with van der Waals surface area (Å²) < 4.78 is 0. The molecule has 0 heteroatoms. The van der Waals surface area contributed by atoms with E-state index in [4.69, 9.17) is 0 Å². The highest BCUT2D eigenvalue weighted by Crippen LogP contribution is 2.57. The van der Waals surface area contributed by atoms with Gasteiger partial charge in [0.05, 0.1) is 0 Å². The maximum atomic E-state index is 4.23. The van der Waals surface area contributed by atoms with Crippen LogP contribution in [0.3, 0.4) is 0 Å². The molecule has 0 aliphatic heterocycles. The van der Waals surface area contributed by atoms with Crippen LogP contribution in [0.2, 0.25) is 0 Å². The Morgan fingerprint density at radius 1 is 1.15 bits per heavy atom. The van der Waals surface area contributed by atoms with E-state index in [1.807, 2.05) is 0 Å². The number of hydrogen-bond acceptors (Lipinski definition) is 0. The summed E-state index contributed by atoms with van der Waals surface area (Å²) in [5.41, 5.74) is 7.09. The summed E-state index contributed by atoms with van der Waals surface area (Å²) in [6, 6.07) is 0. The SMILES string of the molecule is C=C1CC/C(=C/C=C2\CCCC3(C)/C(=C\CCCC(C)C)CCC23)CC1C.